The third-order valence-corrected chi connectivity index (χ3v) is 6.84. The van der Waals surface area contributed by atoms with Crippen LogP contribution >= 0.6 is 0 Å². The van der Waals surface area contributed by atoms with Crippen molar-refractivity contribution in [2.45, 2.75) is 12.1 Å². The van der Waals surface area contributed by atoms with E-state index in [2.05, 4.69) is 15.4 Å². The van der Waals surface area contributed by atoms with Crippen LogP contribution in [-0.2, 0) is 12.1 Å². The topological polar surface area (TPSA) is 86.5 Å². The number of amides is 1. The van der Waals surface area contributed by atoms with E-state index in [1.165, 1.54) is 65.9 Å². The van der Waals surface area contributed by atoms with Gasteiger partial charge in [0.25, 0.3) is 5.91 Å². The van der Waals surface area contributed by atoms with E-state index in [4.69, 9.17) is 0 Å². The van der Waals surface area contributed by atoms with Gasteiger partial charge in [0.2, 0.25) is 0 Å². The van der Waals surface area contributed by atoms with Crippen molar-refractivity contribution in [3.63, 3.8) is 0 Å². The van der Waals surface area contributed by atoms with Crippen molar-refractivity contribution in [3.05, 3.63) is 108 Å². The molecular weight excluding hydrogens is 528 g/mol. The zero-order chi connectivity index (χ0) is 28.3. The van der Waals surface area contributed by atoms with Gasteiger partial charge < -0.3 is 15.3 Å². The summed E-state index contributed by atoms with van der Waals surface area (Å²) in [7, 11) is 0. The number of aromatic nitrogens is 3. The number of carbonyl (C=O) groups is 1. The van der Waals surface area contributed by atoms with E-state index in [1.54, 1.807) is 0 Å². The quantitative estimate of drug-likeness (QED) is 0.323. The molecule has 1 aliphatic rings. The third-order valence-electron chi connectivity index (χ3n) is 6.84. The summed E-state index contributed by atoms with van der Waals surface area (Å²) in [5.41, 5.74) is -1.44. The summed E-state index contributed by atoms with van der Waals surface area (Å²) in [6.45, 7) is 1.57. The molecule has 0 radical (unpaired) electrons. The number of benzene rings is 3. The Morgan fingerprint density at radius 3 is 2.35 bits per heavy atom. The molecule has 2 heterocycles. The van der Waals surface area contributed by atoms with E-state index >= 15 is 4.39 Å². The highest BCUT2D eigenvalue weighted by molar-refractivity contribution is 6.04. The number of β-amino-alcohol motifs (C(OH)–C–C–N with tert-alkyl or cyclic N) is 1. The highest BCUT2D eigenvalue weighted by Crippen LogP contribution is 2.30. The van der Waals surface area contributed by atoms with Gasteiger partial charge in [-0.25, -0.2) is 27.2 Å². The Morgan fingerprint density at radius 2 is 1.68 bits per heavy atom. The fraction of sp³-hybridized carbons (Fsp3) is 0.250. The fourth-order valence-corrected chi connectivity index (χ4v) is 4.87. The molecule has 0 saturated carbocycles. The van der Waals surface area contributed by atoms with Crippen LogP contribution in [-0.4, -0.2) is 63.4 Å². The summed E-state index contributed by atoms with van der Waals surface area (Å²) >= 11 is 0. The van der Waals surface area contributed by atoms with Gasteiger partial charge in [-0.1, -0.05) is 18.2 Å². The summed E-state index contributed by atoms with van der Waals surface area (Å²) in [5, 5.41) is 18.1. The maximum atomic E-state index is 15.0. The molecule has 1 aliphatic heterocycles. The minimum absolute atomic E-state index is 0.0206. The lowest BCUT2D eigenvalue weighted by molar-refractivity contribution is -0.0227. The summed E-state index contributed by atoms with van der Waals surface area (Å²) in [6.07, 6.45) is 2.70. The Bertz CT molecular complexity index is 1490. The van der Waals surface area contributed by atoms with Crippen LogP contribution in [0.15, 0.2) is 73.3 Å². The second-order valence-electron chi connectivity index (χ2n) is 9.61. The first kappa shape index (κ1) is 27.3. The van der Waals surface area contributed by atoms with Crippen LogP contribution in [0, 0.1) is 23.3 Å². The van der Waals surface area contributed by atoms with Gasteiger partial charge in [0, 0.05) is 50.0 Å². The molecule has 1 fully saturated rings. The van der Waals surface area contributed by atoms with Gasteiger partial charge in [-0.05, 0) is 36.4 Å². The number of piperazine rings is 1. The highest BCUT2D eigenvalue weighted by atomic mass is 19.1. The van der Waals surface area contributed by atoms with E-state index < -0.39 is 34.8 Å². The maximum Gasteiger partial charge on any atom is 0.258 e. The lowest BCUT2D eigenvalue weighted by Gasteiger charge is -2.40. The molecule has 5 rings (SSSR count). The molecule has 208 valence electrons. The lowest BCUT2D eigenvalue weighted by Crippen LogP contribution is -2.52. The summed E-state index contributed by atoms with van der Waals surface area (Å²) < 4.78 is 58.6. The summed E-state index contributed by atoms with van der Waals surface area (Å²) in [6, 6.07) is 12.8. The van der Waals surface area contributed by atoms with Crippen molar-refractivity contribution < 1.29 is 27.5 Å². The predicted molar refractivity (Wildman–Crippen MR) is 140 cm³/mol. The molecule has 1 amide bonds. The number of carbonyl (C=O) groups excluding carboxylic acids is 1. The Kier molecular flexibility index (Phi) is 7.81. The maximum absolute atomic E-state index is 15.0. The van der Waals surface area contributed by atoms with Crippen molar-refractivity contribution in [2.24, 2.45) is 0 Å². The molecule has 4 aromatic rings. The Labute approximate surface area is 227 Å². The van der Waals surface area contributed by atoms with Gasteiger partial charge in [-0.3, -0.25) is 9.69 Å². The number of hydrogen-bond acceptors (Lipinski definition) is 6. The van der Waals surface area contributed by atoms with Crippen molar-refractivity contribution in [1.29, 1.82) is 0 Å². The van der Waals surface area contributed by atoms with Crippen LogP contribution in [0.5, 0.6) is 0 Å². The Morgan fingerprint density at radius 1 is 0.900 bits per heavy atom. The number of halogens is 4. The molecule has 1 saturated heterocycles. The van der Waals surface area contributed by atoms with Gasteiger partial charge >= 0.3 is 0 Å². The molecule has 12 heteroatoms. The number of nitrogens with one attached hydrogen (secondary N) is 1. The zero-order valence-electron chi connectivity index (χ0n) is 21.3. The monoisotopic (exact) mass is 554 g/mol. The molecule has 0 bridgehead atoms. The molecule has 3 aromatic carbocycles. The number of rotatable bonds is 8. The van der Waals surface area contributed by atoms with Gasteiger partial charge in [-0.2, -0.15) is 5.10 Å². The minimum Gasteiger partial charge on any atom is -0.382 e. The van der Waals surface area contributed by atoms with Gasteiger partial charge in [-0.15, -0.1) is 0 Å². The summed E-state index contributed by atoms with van der Waals surface area (Å²) in [5.74, 6) is -3.54. The minimum atomic E-state index is -1.74. The second kappa shape index (κ2) is 11.4. The lowest BCUT2D eigenvalue weighted by atomic mass is 9.92. The molecule has 0 aliphatic carbocycles. The number of hydrogen-bond donors (Lipinski definition) is 2. The zero-order valence-corrected chi connectivity index (χ0v) is 21.3. The van der Waals surface area contributed by atoms with Crippen LogP contribution in [0.1, 0.15) is 15.9 Å². The van der Waals surface area contributed by atoms with Crippen molar-refractivity contribution >= 4 is 17.3 Å². The molecule has 1 aromatic heterocycles. The molecule has 2 N–H and O–H groups in total. The Hall–Kier alpha value is -4.29. The first-order chi connectivity index (χ1) is 19.2. The van der Waals surface area contributed by atoms with Crippen molar-refractivity contribution in [1.82, 2.24) is 19.7 Å². The van der Waals surface area contributed by atoms with Gasteiger partial charge in [0.1, 0.15) is 41.5 Å². The normalized spacial score (nSPS) is 15.6. The van der Waals surface area contributed by atoms with E-state index in [0.29, 0.717) is 31.9 Å². The van der Waals surface area contributed by atoms with E-state index in [0.717, 1.165) is 12.1 Å². The van der Waals surface area contributed by atoms with Gasteiger partial charge in [0.15, 0.2) is 0 Å². The number of nitrogens with zero attached hydrogens (tertiary/aromatic N) is 5. The first-order valence-corrected chi connectivity index (χ1v) is 12.5. The standard InChI is InChI=1S/C28H26F4N6O2/c29-19-5-7-22(24(31)13-19)28(40,16-38-18-33-17-34-38)15-36-9-11-37(12-10-36)26-8-6-20(14-25(26)32)35-27(39)21-3-1-2-4-23(21)30/h1-8,13-14,17-18,40H,9-12,15-16H2,(H,35,39). The molecule has 1 atom stereocenters. The fourth-order valence-electron chi connectivity index (χ4n) is 4.87. The SMILES string of the molecule is O=C(Nc1ccc(N2CCN(CC(O)(Cn3cncn3)c3ccc(F)cc3F)CC2)c(F)c1)c1ccccc1F. The summed E-state index contributed by atoms with van der Waals surface area (Å²) in [4.78, 5) is 20.0. The largest absolute Gasteiger partial charge is 0.382 e. The predicted octanol–water partition coefficient (Wildman–Crippen LogP) is 3.80. The second-order valence-corrected chi connectivity index (χ2v) is 9.61. The van der Waals surface area contributed by atoms with E-state index in [-0.39, 0.29) is 29.9 Å². The van der Waals surface area contributed by atoms with Crippen LogP contribution in [0.4, 0.5) is 28.9 Å². The average Bonchev–Trinajstić information content (AvgIpc) is 3.42. The van der Waals surface area contributed by atoms with Crippen LogP contribution < -0.4 is 10.2 Å². The average molecular weight is 555 g/mol. The van der Waals surface area contributed by atoms with Crippen molar-refractivity contribution in [3.8, 4) is 0 Å². The smallest absolute Gasteiger partial charge is 0.258 e. The van der Waals surface area contributed by atoms with Crippen LogP contribution in [0.2, 0.25) is 0 Å². The number of anilines is 2. The molecular formula is C28H26F4N6O2. The van der Waals surface area contributed by atoms with Crippen molar-refractivity contribution in [2.75, 3.05) is 42.9 Å². The molecule has 1 unspecified atom stereocenters. The Balaban J connectivity index is 1.25. The van der Waals surface area contributed by atoms with Crippen LogP contribution in [0.3, 0.4) is 0 Å². The molecule has 0 spiro atoms. The van der Waals surface area contributed by atoms with E-state index in [9.17, 15) is 23.1 Å². The molecule has 8 nitrogen and oxygen atoms in total. The van der Waals surface area contributed by atoms with E-state index in [1.807, 2.05) is 9.80 Å². The van der Waals surface area contributed by atoms with Crippen LogP contribution in [0.25, 0.3) is 0 Å². The highest BCUT2D eigenvalue weighted by Gasteiger charge is 2.36. The molecule has 40 heavy (non-hydrogen) atoms. The third kappa shape index (κ3) is 5.97. The number of aliphatic hydroxyl groups is 1. The first-order valence-electron chi connectivity index (χ1n) is 12.5. The van der Waals surface area contributed by atoms with Gasteiger partial charge in [0.05, 0.1) is 17.8 Å².